The van der Waals surface area contributed by atoms with E-state index in [0.29, 0.717) is 0 Å². The molecule has 0 fully saturated rings. The summed E-state index contributed by atoms with van der Waals surface area (Å²) in [5.74, 6) is -1.64. The van der Waals surface area contributed by atoms with Gasteiger partial charge in [-0.2, -0.15) is 4.72 Å². The van der Waals surface area contributed by atoms with Crippen LogP contribution < -0.4 is 4.72 Å². The maximum absolute atomic E-state index is 11.8. The molecule has 1 atom stereocenters. The topological polar surface area (TPSA) is 83.5 Å². The summed E-state index contributed by atoms with van der Waals surface area (Å²) in [7, 11) is -3.85. The number of rotatable bonds is 5. The number of hydrogen-bond acceptors (Lipinski definition) is 3. The second-order valence-electron chi connectivity index (χ2n) is 3.48. The number of alkyl halides is 1. The Hall–Kier alpha value is -1.11. The van der Waals surface area contributed by atoms with E-state index in [1.807, 2.05) is 11.6 Å². The van der Waals surface area contributed by atoms with Crippen LogP contribution in [-0.2, 0) is 14.8 Å². The largest absolute Gasteiger partial charge is 0.480 e. The molecular formula is C10H12ClNO4S. The Kier molecular flexibility index (Phi) is 4.50. The lowest BCUT2D eigenvalue weighted by atomic mass is 10.2. The molecule has 5 nitrogen and oxygen atoms in total. The second kappa shape index (κ2) is 5.48. The standard InChI is InChI=1S/C10H12ClNO4S/c1-7-2-4-8(5-3-7)17(15,16)12-9(6-11)10(13)14/h2-5,9,12H,6H2,1H3,(H,13,14)/t9-/m0/s1. The second-order valence-corrected chi connectivity index (χ2v) is 5.50. The average Bonchev–Trinajstić information content (AvgIpc) is 2.26. The van der Waals surface area contributed by atoms with Crippen molar-refractivity contribution in [1.29, 1.82) is 0 Å². The van der Waals surface area contributed by atoms with Gasteiger partial charge in [-0.05, 0) is 19.1 Å². The first-order valence-electron chi connectivity index (χ1n) is 4.74. The van der Waals surface area contributed by atoms with Gasteiger partial charge in [0.2, 0.25) is 10.0 Å². The molecule has 7 heteroatoms. The van der Waals surface area contributed by atoms with Crippen LogP contribution in [0, 0.1) is 6.92 Å². The SMILES string of the molecule is Cc1ccc(S(=O)(=O)N[C@@H](CCl)C(=O)O)cc1. The van der Waals surface area contributed by atoms with Gasteiger partial charge in [-0.15, -0.1) is 11.6 Å². The van der Waals surface area contributed by atoms with Crippen molar-refractivity contribution in [3.8, 4) is 0 Å². The Morgan fingerprint density at radius 2 is 1.94 bits per heavy atom. The van der Waals surface area contributed by atoms with Gasteiger partial charge in [0.05, 0.1) is 4.90 Å². The maximum atomic E-state index is 11.8. The van der Waals surface area contributed by atoms with Crippen molar-refractivity contribution in [2.24, 2.45) is 0 Å². The van der Waals surface area contributed by atoms with E-state index in [0.717, 1.165) is 5.56 Å². The van der Waals surface area contributed by atoms with Crippen molar-refractivity contribution in [1.82, 2.24) is 4.72 Å². The molecule has 94 valence electrons. The Balaban J connectivity index is 2.96. The minimum Gasteiger partial charge on any atom is -0.480 e. The molecular weight excluding hydrogens is 266 g/mol. The molecule has 0 radical (unpaired) electrons. The fraction of sp³-hybridized carbons (Fsp3) is 0.300. The Morgan fingerprint density at radius 3 is 2.35 bits per heavy atom. The molecule has 0 aliphatic heterocycles. The summed E-state index contributed by atoms with van der Waals surface area (Å²) in [6.07, 6.45) is 0. The molecule has 0 aliphatic rings. The normalized spacial score (nSPS) is 13.3. The van der Waals surface area contributed by atoms with Gasteiger partial charge < -0.3 is 5.11 Å². The first-order valence-corrected chi connectivity index (χ1v) is 6.76. The van der Waals surface area contributed by atoms with Crippen LogP contribution in [0.3, 0.4) is 0 Å². The summed E-state index contributed by atoms with van der Waals surface area (Å²) in [4.78, 5) is 10.7. The van der Waals surface area contributed by atoms with Crippen LogP contribution in [0.5, 0.6) is 0 Å². The van der Waals surface area contributed by atoms with Crippen LogP contribution in [0.15, 0.2) is 29.2 Å². The van der Waals surface area contributed by atoms with E-state index >= 15 is 0 Å². The molecule has 0 saturated carbocycles. The Labute approximate surface area is 104 Å². The van der Waals surface area contributed by atoms with Gasteiger partial charge in [0.25, 0.3) is 0 Å². The van der Waals surface area contributed by atoms with Crippen LogP contribution >= 0.6 is 11.6 Å². The van der Waals surface area contributed by atoms with E-state index in [-0.39, 0.29) is 10.8 Å². The number of sulfonamides is 1. The number of carbonyl (C=O) groups is 1. The minimum absolute atomic E-state index is 0.0134. The summed E-state index contributed by atoms with van der Waals surface area (Å²) in [6.45, 7) is 1.82. The number of hydrogen-bond donors (Lipinski definition) is 2. The lowest BCUT2D eigenvalue weighted by molar-refractivity contribution is -0.138. The first kappa shape index (κ1) is 14.0. The molecule has 1 aromatic carbocycles. The summed E-state index contributed by atoms with van der Waals surface area (Å²) in [5.41, 5.74) is 0.913. The van der Waals surface area contributed by atoms with Crippen LogP contribution in [0.25, 0.3) is 0 Å². The van der Waals surface area contributed by atoms with Crippen molar-refractivity contribution in [3.63, 3.8) is 0 Å². The summed E-state index contributed by atoms with van der Waals surface area (Å²) in [5, 5.41) is 8.72. The van der Waals surface area contributed by atoms with Crippen LogP contribution in [-0.4, -0.2) is 31.4 Å². The molecule has 0 aliphatic carbocycles. The molecule has 0 amide bonds. The quantitative estimate of drug-likeness (QED) is 0.786. The van der Waals surface area contributed by atoms with Gasteiger partial charge in [0.15, 0.2) is 0 Å². The number of aryl methyl sites for hydroxylation is 1. The number of benzene rings is 1. The fourth-order valence-corrected chi connectivity index (χ4v) is 2.61. The van der Waals surface area contributed by atoms with Crippen molar-refractivity contribution < 1.29 is 18.3 Å². The zero-order valence-corrected chi connectivity index (χ0v) is 10.6. The van der Waals surface area contributed by atoms with E-state index in [9.17, 15) is 13.2 Å². The van der Waals surface area contributed by atoms with Crippen molar-refractivity contribution >= 4 is 27.6 Å². The number of halogens is 1. The van der Waals surface area contributed by atoms with E-state index in [2.05, 4.69) is 0 Å². The average molecular weight is 278 g/mol. The van der Waals surface area contributed by atoms with Crippen molar-refractivity contribution in [2.75, 3.05) is 5.88 Å². The highest BCUT2D eigenvalue weighted by atomic mass is 35.5. The van der Waals surface area contributed by atoms with Crippen LogP contribution in [0.2, 0.25) is 0 Å². The van der Waals surface area contributed by atoms with Gasteiger partial charge in [-0.3, -0.25) is 4.79 Å². The zero-order valence-electron chi connectivity index (χ0n) is 9.05. The van der Waals surface area contributed by atoms with E-state index in [1.165, 1.54) is 12.1 Å². The molecule has 17 heavy (non-hydrogen) atoms. The van der Waals surface area contributed by atoms with Gasteiger partial charge in [-0.25, -0.2) is 8.42 Å². The minimum atomic E-state index is -3.85. The van der Waals surface area contributed by atoms with Gasteiger partial charge in [-0.1, -0.05) is 17.7 Å². The highest BCUT2D eigenvalue weighted by Crippen LogP contribution is 2.10. The van der Waals surface area contributed by atoms with Crippen molar-refractivity contribution in [3.05, 3.63) is 29.8 Å². The third-order valence-electron chi connectivity index (χ3n) is 2.08. The summed E-state index contributed by atoms with van der Waals surface area (Å²) in [6, 6.07) is 4.74. The number of carboxylic acid groups (broad SMARTS) is 1. The molecule has 0 bridgehead atoms. The summed E-state index contributed by atoms with van der Waals surface area (Å²) >= 11 is 5.37. The van der Waals surface area contributed by atoms with Crippen LogP contribution in [0.4, 0.5) is 0 Å². The molecule has 0 heterocycles. The van der Waals surface area contributed by atoms with E-state index in [1.54, 1.807) is 12.1 Å². The third-order valence-corrected chi connectivity index (χ3v) is 3.88. The first-order chi connectivity index (χ1) is 7.86. The lowest BCUT2D eigenvalue weighted by Gasteiger charge is -2.11. The van der Waals surface area contributed by atoms with E-state index in [4.69, 9.17) is 16.7 Å². The Morgan fingerprint density at radius 1 is 1.41 bits per heavy atom. The van der Waals surface area contributed by atoms with Gasteiger partial charge in [0, 0.05) is 5.88 Å². The maximum Gasteiger partial charge on any atom is 0.322 e. The molecule has 1 rings (SSSR count). The van der Waals surface area contributed by atoms with Gasteiger partial charge in [0.1, 0.15) is 6.04 Å². The van der Waals surface area contributed by atoms with E-state index < -0.39 is 22.0 Å². The molecule has 0 unspecified atom stereocenters. The molecule has 1 aromatic rings. The van der Waals surface area contributed by atoms with Crippen LogP contribution in [0.1, 0.15) is 5.56 Å². The zero-order chi connectivity index (χ0) is 13.1. The summed E-state index contributed by atoms with van der Waals surface area (Å²) < 4.78 is 25.6. The predicted octanol–water partition coefficient (Wildman–Crippen LogP) is 0.965. The lowest BCUT2D eigenvalue weighted by Crippen LogP contribution is -2.41. The molecule has 0 spiro atoms. The fourth-order valence-electron chi connectivity index (χ4n) is 1.12. The van der Waals surface area contributed by atoms with Crippen molar-refractivity contribution in [2.45, 2.75) is 17.9 Å². The number of nitrogens with one attached hydrogen (secondary N) is 1. The third kappa shape index (κ3) is 3.69. The highest BCUT2D eigenvalue weighted by molar-refractivity contribution is 7.89. The number of carboxylic acids is 1. The predicted molar refractivity (Wildman–Crippen MR) is 63.6 cm³/mol. The number of aliphatic carboxylic acids is 1. The Bertz CT molecular complexity index is 498. The molecule has 0 saturated heterocycles. The van der Waals surface area contributed by atoms with Gasteiger partial charge >= 0.3 is 5.97 Å². The molecule has 2 N–H and O–H groups in total. The highest BCUT2D eigenvalue weighted by Gasteiger charge is 2.24. The smallest absolute Gasteiger partial charge is 0.322 e. The molecule has 0 aromatic heterocycles. The monoisotopic (exact) mass is 277 g/mol.